The van der Waals surface area contributed by atoms with Gasteiger partial charge in [-0.1, -0.05) is 30.3 Å². The van der Waals surface area contributed by atoms with Crippen LogP contribution in [-0.2, 0) is 0 Å². The van der Waals surface area contributed by atoms with E-state index in [4.69, 9.17) is 5.73 Å². The number of hydrogen-bond acceptors (Lipinski definition) is 3. The lowest BCUT2D eigenvalue weighted by Crippen LogP contribution is -1.94. The normalized spacial score (nSPS) is 10.9. The Kier molecular flexibility index (Phi) is 3.58. The molecule has 0 unspecified atom stereocenters. The zero-order chi connectivity index (χ0) is 17.4. The maximum Gasteiger partial charge on any atom is 0.159 e. The molecule has 0 fully saturated rings. The molecule has 2 heterocycles. The van der Waals surface area contributed by atoms with Gasteiger partial charge in [-0.05, 0) is 48.4 Å². The third-order valence-corrected chi connectivity index (χ3v) is 4.29. The fraction of sp³-hybridized carbons (Fsp3) is 0.0476. The van der Waals surface area contributed by atoms with E-state index in [1.54, 1.807) is 6.92 Å². The van der Waals surface area contributed by atoms with Crippen LogP contribution in [0.3, 0.4) is 0 Å². The average Bonchev–Trinajstić information content (AvgIpc) is 3.05. The van der Waals surface area contributed by atoms with Crippen LogP contribution in [0.5, 0.6) is 0 Å². The van der Waals surface area contributed by atoms with Gasteiger partial charge in [-0.25, -0.2) is 4.98 Å². The fourth-order valence-electron chi connectivity index (χ4n) is 2.98. The Morgan fingerprint density at radius 1 is 0.960 bits per heavy atom. The van der Waals surface area contributed by atoms with E-state index in [-0.39, 0.29) is 5.78 Å². The highest BCUT2D eigenvalue weighted by Gasteiger charge is 2.09. The van der Waals surface area contributed by atoms with Crippen molar-refractivity contribution in [3.05, 3.63) is 78.6 Å². The van der Waals surface area contributed by atoms with E-state index < -0.39 is 0 Å². The Labute approximate surface area is 145 Å². The van der Waals surface area contributed by atoms with Gasteiger partial charge in [-0.3, -0.25) is 9.20 Å². The summed E-state index contributed by atoms with van der Waals surface area (Å²) in [7, 11) is 0. The molecule has 4 rings (SSSR count). The molecule has 0 spiro atoms. The van der Waals surface area contributed by atoms with Crippen LogP contribution >= 0.6 is 0 Å². The summed E-state index contributed by atoms with van der Waals surface area (Å²) in [6.07, 6.45) is 3.88. The van der Waals surface area contributed by atoms with E-state index in [0.29, 0.717) is 5.56 Å². The highest BCUT2D eigenvalue weighted by atomic mass is 16.1. The zero-order valence-electron chi connectivity index (χ0n) is 13.8. The third-order valence-electron chi connectivity index (χ3n) is 4.29. The maximum absolute atomic E-state index is 11.7. The van der Waals surface area contributed by atoms with Crippen LogP contribution < -0.4 is 5.73 Å². The van der Waals surface area contributed by atoms with Crippen molar-refractivity contribution in [3.63, 3.8) is 0 Å². The van der Waals surface area contributed by atoms with Crippen LogP contribution in [0.1, 0.15) is 17.3 Å². The second-order valence-electron chi connectivity index (χ2n) is 6.05. The van der Waals surface area contributed by atoms with Gasteiger partial charge in [0.2, 0.25) is 0 Å². The Morgan fingerprint density at radius 3 is 2.56 bits per heavy atom. The second-order valence-corrected chi connectivity index (χ2v) is 6.05. The van der Waals surface area contributed by atoms with Gasteiger partial charge in [0.1, 0.15) is 5.65 Å². The van der Waals surface area contributed by atoms with E-state index in [9.17, 15) is 4.79 Å². The van der Waals surface area contributed by atoms with Crippen LogP contribution in [0, 0.1) is 0 Å². The number of ketones is 1. The summed E-state index contributed by atoms with van der Waals surface area (Å²) in [5, 5.41) is 0. The number of rotatable bonds is 3. The second kappa shape index (κ2) is 5.91. The molecule has 2 aromatic heterocycles. The molecule has 0 saturated heterocycles. The number of hydrogen-bond donors (Lipinski definition) is 1. The van der Waals surface area contributed by atoms with Crippen LogP contribution in [0.4, 0.5) is 5.69 Å². The summed E-state index contributed by atoms with van der Waals surface area (Å²) in [6.45, 7) is 1.57. The van der Waals surface area contributed by atoms with Gasteiger partial charge in [0.05, 0.1) is 11.9 Å². The van der Waals surface area contributed by atoms with Crippen LogP contribution in [0.25, 0.3) is 28.0 Å². The predicted molar refractivity (Wildman–Crippen MR) is 100 cm³/mol. The number of carbonyl (C=O) groups excluding carboxylic acids is 1. The average molecular weight is 327 g/mol. The first-order chi connectivity index (χ1) is 12.1. The zero-order valence-corrected chi connectivity index (χ0v) is 13.8. The van der Waals surface area contributed by atoms with Crippen molar-refractivity contribution in [1.29, 1.82) is 0 Å². The van der Waals surface area contributed by atoms with Gasteiger partial charge in [0.25, 0.3) is 0 Å². The van der Waals surface area contributed by atoms with E-state index in [1.165, 1.54) is 0 Å². The summed E-state index contributed by atoms with van der Waals surface area (Å²) >= 11 is 0. The number of benzene rings is 2. The molecule has 2 aromatic carbocycles. The Hall–Kier alpha value is -3.40. The lowest BCUT2D eigenvalue weighted by Gasteiger charge is -2.07. The number of imidazole rings is 1. The van der Waals surface area contributed by atoms with E-state index in [2.05, 4.69) is 4.98 Å². The molecule has 0 aliphatic heterocycles. The van der Waals surface area contributed by atoms with Crippen LogP contribution in [0.15, 0.2) is 73.1 Å². The lowest BCUT2D eigenvalue weighted by molar-refractivity contribution is 0.101. The summed E-state index contributed by atoms with van der Waals surface area (Å²) < 4.78 is 2.04. The van der Waals surface area contributed by atoms with Gasteiger partial charge in [0.15, 0.2) is 5.78 Å². The number of nitrogen functional groups attached to an aromatic ring is 1. The highest BCUT2D eigenvalue weighted by Crippen LogP contribution is 2.26. The first kappa shape index (κ1) is 15.1. The molecular weight excluding hydrogens is 310 g/mol. The molecule has 4 heteroatoms. The maximum atomic E-state index is 11.7. The van der Waals surface area contributed by atoms with Gasteiger partial charge in [-0.15, -0.1) is 0 Å². The van der Waals surface area contributed by atoms with E-state index in [1.807, 2.05) is 77.5 Å². The first-order valence-corrected chi connectivity index (χ1v) is 8.06. The number of fused-ring (bicyclic) bond motifs is 1. The minimum atomic E-state index is 0.0520. The number of nitrogens with two attached hydrogens (primary N) is 1. The molecule has 0 bridgehead atoms. The van der Waals surface area contributed by atoms with Gasteiger partial charge < -0.3 is 5.73 Å². The molecule has 0 radical (unpaired) electrons. The lowest BCUT2D eigenvalue weighted by atomic mass is 10.1. The van der Waals surface area contributed by atoms with Crippen molar-refractivity contribution in [1.82, 2.24) is 9.38 Å². The predicted octanol–water partition coefficient (Wildman–Crippen LogP) is 4.45. The van der Waals surface area contributed by atoms with Crippen molar-refractivity contribution in [3.8, 4) is 22.4 Å². The Balaban J connectivity index is 1.87. The minimum absolute atomic E-state index is 0.0520. The van der Waals surface area contributed by atoms with Crippen LogP contribution in [-0.4, -0.2) is 15.2 Å². The summed E-state index contributed by atoms with van der Waals surface area (Å²) in [5.74, 6) is 0.0520. The molecule has 25 heavy (non-hydrogen) atoms. The van der Waals surface area contributed by atoms with Crippen molar-refractivity contribution in [2.24, 2.45) is 0 Å². The number of pyridine rings is 1. The topological polar surface area (TPSA) is 60.4 Å². The molecule has 0 aliphatic carbocycles. The number of nitrogens with zero attached hydrogens (tertiary/aromatic N) is 2. The van der Waals surface area contributed by atoms with E-state index >= 15 is 0 Å². The Bertz CT molecular complexity index is 1100. The summed E-state index contributed by atoms with van der Waals surface area (Å²) in [5.41, 5.74) is 12.2. The fourth-order valence-corrected chi connectivity index (χ4v) is 2.98. The number of aromatic nitrogens is 2. The molecule has 4 aromatic rings. The highest BCUT2D eigenvalue weighted by molar-refractivity contribution is 5.95. The van der Waals surface area contributed by atoms with Gasteiger partial charge in [-0.2, -0.15) is 0 Å². The number of anilines is 1. The first-order valence-electron chi connectivity index (χ1n) is 8.06. The van der Waals surface area contributed by atoms with Crippen LogP contribution in [0.2, 0.25) is 0 Å². The molecule has 4 nitrogen and oxygen atoms in total. The monoisotopic (exact) mass is 327 g/mol. The molecule has 0 amide bonds. The SMILES string of the molecule is CC(=O)c1cccc(-c2cnc3ccc(-c4cccc(N)c4)cn23)c1. The smallest absolute Gasteiger partial charge is 0.159 e. The Morgan fingerprint density at radius 2 is 1.76 bits per heavy atom. The largest absolute Gasteiger partial charge is 0.399 e. The molecule has 0 atom stereocenters. The number of Topliss-reactive ketones (excluding diaryl/α,β-unsaturated/α-hetero) is 1. The van der Waals surface area contributed by atoms with Crippen molar-refractivity contribution < 1.29 is 4.79 Å². The minimum Gasteiger partial charge on any atom is -0.399 e. The summed E-state index contributed by atoms with van der Waals surface area (Å²) in [4.78, 5) is 16.1. The molecule has 0 saturated carbocycles. The molecule has 0 aliphatic rings. The van der Waals surface area contributed by atoms with Crippen molar-refractivity contribution in [2.75, 3.05) is 5.73 Å². The molecule has 122 valence electrons. The third kappa shape index (κ3) is 2.78. The number of carbonyl (C=O) groups is 1. The summed E-state index contributed by atoms with van der Waals surface area (Å²) in [6, 6.07) is 19.4. The van der Waals surface area contributed by atoms with E-state index in [0.717, 1.165) is 33.7 Å². The van der Waals surface area contributed by atoms with Crippen molar-refractivity contribution in [2.45, 2.75) is 6.92 Å². The van der Waals surface area contributed by atoms with Gasteiger partial charge in [0, 0.05) is 23.0 Å². The van der Waals surface area contributed by atoms with Crippen molar-refractivity contribution >= 4 is 17.1 Å². The standard InChI is InChI=1S/C21H17N3O/c1-14(25)15-4-2-6-17(10-15)20-12-23-21-9-8-18(13-24(20)21)16-5-3-7-19(22)11-16/h2-13H,22H2,1H3. The molecule has 2 N–H and O–H groups in total. The quantitative estimate of drug-likeness (QED) is 0.446. The molecular formula is C21H17N3O. The van der Waals surface area contributed by atoms with Gasteiger partial charge >= 0.3 is 0 Å².